The van der Waals surface area contributed by atoms with Crippen molar-refractivity contribution < 1.29 is 0 Å². The Morgan fingerprint density at radius 2 is 1.45 bits per heavy atom. The van der Waals surface area contributed by atoms with E-state index in [1.54, 1.807) is 5.57 Å². The molecule has 1 aliphatic rings. The van der Waals surface area contributed by atoms with E-state index in [0.29, 0.717) is 0 Å². The fraction of sp³-hybridized carbons (Fsp3) is 0.500. The molecule has 20 heavy (non-hydrogen) atoms. The quantitative estimate of drug-likeness (QED) is 0.546. The highest BCUT2D eigenvalue weighted by atomic mass is 14.0. The summed E-state index contributed by atoms with van der Waals surface area (Å²) in [7, 11) is 0. The lowest BCUT2D eigenvalue weighted by atomic mass is 10.0. The van der Waals surface area contributed by atoms with Gasteiger partial charge >= 0.3 is 0 Å². The summed E-state index contributed by atoms with van der Waals surface area (Å²) in [5.74, 6) is 0. The highest BCUT2D eigenvalue weighted by Crippen LogP contribution is 2.13. The predicted molar refractivity (Wildman–Crippen MR) is 95.3 cm³/mol. The van der Waals surface area contributed by atoms with E-state index in [-0.39, 0.29) is 0 Å². The molecule has 2 rings (SSSR count). The Morgan fingerprint density at radius 1 is 0.850 bits per heavy atom. The van der Waals surface area contributed by atoms with Crippen LogP contribution in [-0.4, -0.2) is 0 Å². The molecule has 0 amide bonds. The number of hydrogen-bond acceptors (Lipinski definition) is 0. The standard InChI is InChI=1S/C8H12.C8H10.2C2H6/c2*1-2-8-6-4-3-5-7-8;2*1-2/h3-4,6H,2,5,7H2,1H3;3-7H,2H2,1H3;2*1-2H3. The van der Waals surface area contributed by atoms with E-state index in [9.17, 15) is 0 Å². The first kappa shape index (κ1) is 21.0. The maximum Gasteiger partial charge on any atom is -0.0282 e. The molecule has 0 spiro atoms. The van der Waals surface area contributed by atoms with Crippen molar-refractivity contribution in [1.82, 2.24) is 0 Å². The van der Waals surface area contributed by atoms with Gasteiger partial charge in [-0.15, -0.1) is 0 Å². The third-order valence-corrected chi connectivity index (χ3v) is 2.81. The van der Waals surface area contributed by atoms with Crippen molar-refractivity contribution in [2.24, 2.45) is 0 Å². The molecule has 0 saturated carbocycles. The molecule has 1 aromatic rings. The lowest BCUT2D eigenvalue weighted by Crippen LogP contribution is -1.83. The van der Waals surface area contributed by atoms with Crippen molar-refractivity contribution in [2.45, 2.75) is 67.2 Å². The van der Waals surface area contributed by atoms with Crippen molar-refractivity contribution in [3.05, 3.63) is 59.7 Å². The summed E-state index contributed by atoms with van der Waals surface area (Å²) >= 11 is 0. The summed E-state index contributed by atoms with van der Waals surface area (Å²) in [5.41, 5.74) is 3.00. The lowest BCUT2D eigenvalue weighted by Gasteiger charge is -2.03. The van der Waals surface area contributed by atoms with Crippen LogP contribution in [0.5, 0.6) is 0 Å². The molecule has 1 aliphatic carbocycles. The minimum absolute atomic E-state index is 1.14. The van der Waals surface area contributed by atoms with Crippen LogP contribution in [0.3, 0.4) is 0 Å². The molecular formula is C20H34. The molecule has 0 atom stereocenters. The van der Waals surface area contributed by atoms with E-state index in [1.165, 1.54) is 24.8 Å². The molecule has 0 nitrogen and oxygen atoms in total. The zero-order chi connectivity index (χ0) is 15.6. The second kappa shape index (κ2) is 17.7. The highest BCUT2D eigenvalue weighted by Gasteiger charge is 1.93. The van der Waals surface area contributed by atoms with E-state index < -0.39 is 0 Å². The summed E-state index contributed by atoms with van der Waals surface area (Å²) in [4.78, 5) is 0. The van der Waals surface area contributed by atoms with Gasteiger partial charge in [0.2, 0.25) is 0 Å². The van der Waals surface area contributed by atoms with Gasteiger partial charge in [-0.05, 0) is 31.2 Å². The highest BCUT2D eigenvalue weighted by molar-refractivity contribution is 5.16. The number of allylic oxidation sites excluding steroid dienone is 4. The van der Waals surface area contributed by atoms with E-state index in [4.69, 9.17) is 0 Å². The van der Waals surface area contributed by atoms with Gasteiger partial charge in [-0.2, -0.15) is 0 Å². The molecule has 0 radical (unpaired) electrons. The van der Waals surface area contributed by atoms with Crippen LogP contribution in [0.4, 0.5) is 0 Å². The van der Waals surface area contributed by atoms with Gasteiger partial charge in [0, 0.05) is 0 Å². The second-order valence-corrected chi connectivity index (χ2v) is 3.98. The molecule has 0 bridgehead atoms. The van der Waals surface area contributed by atoms with Crippen LogP contribution in [0.1, 0.15) is 66.4 Å². The average Bonchev–Trinajstić information content (AvgIpc) is 2.60. The third kappa shape index (κ3) is 11.8. The molecule has 0 N–H and O–H groups in total. The van der Waals surface area contributed by atoms with Crippen molar-refractivity contribution >= 4 is 0 Å². The molecule has 0 saturated heterocycles. The molecule has 0 unspecified atom stereocenters. The maximum atomic E-state index is 2.23. The summed E-state index contributed by atoms with van der Waals surface area (Å²) in [6.07, 6.45) is 11.5. The van der Waals surface area contributed by atoms with Gasteiger partial charge in [0.05, 0.1) is 0 Å². The first-order valence-electron chi connectivity index (χ1n) is 8.25. The minimum Gasteiger partial charge on any atom is -0.0842 e. The third-order valence-electron chi connectivity index (χ3n) is 2.81. The van der Waals surface area contributed by atoms with Crippen LogP contribution in [0.2, 0.25) is 0 Å². The molecule has 114 valence electrons. The smallest absolute Gasteiger partial charge is 0.0282 e. The van der Waals surface area contributed by atoms with Gasteiger partial charge in [0.15, 0.2) is 0 Å². The Labute approximate surface area is 127 Å². The van der Waals surface area contributed by atoms with Crippen molar-refractivity contribution in [2.75, 3.05) is 0 Å². The van der Waals surface area contributed by atoms with Gasteiger partial charge < -0.3 is 0 Å². The van der Waals surface area contributed by atoms with Gasteiger partial charge in [0.25, 0.3) is 0 Å². The summed E-state index contributed by atoms with van der Waals surface area (Å²) in [5, 5.41) is 0. The van der Waals surface area contributed by atoms with Crippen LogP contribution in [-0.2, 0) is 6.42 Å². The fourth-order valence-corrected chi connectivity index (χ4v) is 1.66. The van der Waals surface area contributed by atoms with Gasteiger partial charge in [-0.25, -0.2) is 0 Å². The molecule has 1 aromatic carbocycles. The van der Waals surface area contributed by atoms with Crippen molar-refractivity contribution in [1.29, 1.82) is 0 Å². The number of aryl methyl sites for hydroxylation is 1. The molecule has 0 aromatic heterocycles. The maximum absolute atomic E-state index is 2.23. The SMILES string of the molecule is CC.CC.CCC1=CC=CCC1.CCc1ccccc1. The molecule has 0 heteroatoms. The van der Waals surface area contributed by atoms with Crippen LogP contribution >= 0.6 is 0 Å². The minimum atomic E-state index is 1.14. The van der Waals surface area contributed by atoms with Gasteiger partial charge in [-0.1, -0.05) is 95.7 Å². The second-order valence-electron chi connectivity index (χ2n) is 3.98. The summed E-state index contributed by atoms with van der Waals surface area (Å²) < 4.78 is 0. The van der Waals surface area contributed by atoms with E-state index in [2.05, 4.69) is 56.3 Å². The van der Waals surface area contributed by atoms with Crippen LogP contribution in [0.15, 0.2) is 54.1 Å². The van der Waals surface area contributed by atoms with Crippen LogP contribution in [0.25, 0.3) is 0 Å². The normalized spacial score (nSPS) is 11.6. The van der Waals surface area contributed by atoms with Gasteiger partial charge in [-0.3, -0.25) is 0 Å². The Kier molecular flexibility index (Phi) is 18.6. The van der Waals surface area contributed by atoms with Gasteiger partial charge in [0.1, 0.15) is 0 Å². The van der Waals surface area contributed by atoms with E-state index in [0.717, 1.165) is 6.42 Å². The Balaban J connectivity index is 0. The summed E-state index contributed by atoms with van der Waals surface area (Å²) in [6, 6.07) is 10.5. The number of rotatable bonds is 2. The Morgan fingerprint density at radius 3 is 1.75 bits per heavy atom. The molecule has 0 heterocycles. The first-order valence-corrected chi connectivity index (χ1v) is 8.25. The number of hydrogen-bond donors (Lipinski definition) is 0. The zero-order valence-electron chi connectivity index (χ0n) is 14.4. The van der Waals surface area contributed by atoms with Crippen LogP contribution < -0.4 is 0 Å². The van der Waals surface area contributed by atoms with E-state index in [1.807, 2.05) is 33.8 Å². The monoisotopic (exact) mass is 274 g/mol. The number of benzene rings is 1. The van der Waals surface area contributed by atoms with E-state index >= 15 is 0 Å². The molecule has 0 aliphatic heterocycles. The molecule has 0 fully saturated rings. The topological polar surface area (TPSA) is 0 Å². The average molecular weight is 274 g/mol. The van der Waals surface area contributed by atoms with Crippen molar-refractivity contribution in [3.8, 4) is 0 Å². The van der Waals surface area contributed by atoms with Crippen LogP contribution in [0, 0.1) is 0 Å². The summed E-state index contributed by atoms with van der Waals surface area (Å²) in [6.45, 7) is 12.4. The first-order chi connectivity index (χ1) is 9.86. The van der Waals surface area contributed by atoms with Crippen molar-refractivity contribution in [3.63, 3.8) is 0 Å². The predicted octanol–water partition coefficient (Wildman–Crippen LogP) is 6.97. The lowest BCUT2D eigenvalue weighted by molar-refractivity contribution is 0.895. The Bertz CT molecular complexity index is 330. The fourth-order valence-electron chi connectivity index (χ4n) is 1.66. The largest absolute Gasteiger partial charge is 0.0842 e. The Hall–Kier alpha value is -1.30. The molecular weight excluding hydrogens is 240 g/mol. The zero-order valence-corrected chi connectivity index (χ0v) is 14.4.